The van der Waals surface area contributed by atoms with Crippen LogP contribution in [0.2, 0.25) is 0 Å². The molecule has 2 aromatic heterocycles. The number of carbonyl (C=O) groups excluding carboxylic acids is 1. The number of hydrogen-bond acceptors (Lipinski definition) is 4. The summed E-state index contributed by atoms with van der Waals surface area (Å²) in [5.74, 6) is 1.90. The maximum Gasteiger partial charge on any atom is 0.196 e. The first-order valence-corrected chi connectivity index (χ1v) is 7.56. The van der Waals surface area contributed by atoms with Crippen molar-refractivity contribution in [2.24, 2.45) is 11.8 Å². The van der Waals surface area contributed by atoms with E-state index >= 15 is 0 Å². The molecule has 2 aromatic rings. The van der Waals surface area contributed by atoms with Crippen LogP contribution >= 0.6 is 11.3 Å². The Balaban J connectivity index is 2.41. The van der Waals surface area contributed by atoms with Crippen LogP contribution in [0.5, 0.6) is 0 Å². The van der Waals surface area contributed by atoms with Crippen LogP contribution in [-0.4, -0.2) is 28.8 Å². The number of aldehydes is 1. The zero-order valence-electron chi connectivity index (χ0n) is 12.0. The Kier molecular flexibility index (Phi) is 4.24. The third kappa shape index (κ3) is 2.97. The molecule has 0 aromatic carbocycles. The normalized spacial score (nSPS) is 11.7. The molecule has 5 heteroatoms. The fourth-order valence-electron chi connectivity index (χ4n) is 2.26. The second-order valence-corrected chi connectivity index (χ2v) is 6.56. The van der Waals surface area contributed by atoms with Crippen molar-refractivity contribution >= 4 is 28.4 Å². The van der Waals surface area contributed by atoms with Crippen LogP contribution in [0.4, 0.5) is 5.82 Å². The van der Waals surface area contributed by atoms with E-state index in [1.165, 1.54) is 0 Å². The molecule has 0 fully saturated rings. The van der Waals surface area contributed by atoms with Crippen molar-refractivity contribution in [3.8, 4) is 0 Å². The number of rotatable bonds is 6. The largest absolute Gasteiger partial charge is 0.354 e. The fraction of sp³-hybridized carbons (Fsp3) is 0.571. The number of carbonyl (C=O) groups is 1. The van der Waals surface area contributed by atoms with E-state index in [4.69, 9.17) is 0 Å². The number of hydrogen-bond donors (Lipinski definition) is 0. The molecule has 104 valence electrons. The van der Waals surface area contributed by atoms with E-state index in [0.29, 0.717) is 17.5 Å². The average molecular weight is 279 g/mol. The lowest BCUT2D eigenvalue weighted by Crippen LogP contribution is -2.32. The predicted octanol–water partition coefficient (Wildman–Crippen LogP) is 3.33. The highest BCUT2D eigenvalue weighted by molar-refractivity contribution is 7.15. The first-order chi connectivity index (χ1) is 9.02. The Morgan fingerprint density at radius 2 is 1.95 bits per heavy atom. The fourth-order valence-corrected chi connectivity index (χ4v) is 2.98. The summed E-state index contributed by atoms with van der Waals surface area (Å²) in [6, 6.07) is 0. The zero-order chi connectivity index (χ0) is 14.0. The van der Waals surface area contributed by atoms with Gasteiger partial charge in [-0.05, 0) is 11.8 Å². The Morgan fingerprint density at radius 1 is 1.32 bits per heavy atom. The van der Waals surface area contributed by atoms with Crippen molar-refractivity contribution in [3.05, 3.63) is 17.3 Å². The van der Waals surface area contributed by atoms with E-state index in [1.54, 1.807) is 11.3 Å². The minimum Gasteiger partial charge on any atom is -0.354 e. The van der Waals surface area contributed by atoms with E-state index in [-0.39, 0.29) is 0 Å². The number of nitrogens with zero attached hydrogens (tertiary/aromatic N) is 3. The first kappa shape index (κ1) is 14.1. The van der Waals surface area contributed by atoms with Crippen LogP contribution < -0.4 is 4.90 Å². The molecular weight excluding hydrogens is 258 g/mol. The average Bonchev–Trinajstić information content (AvgIpc) is 2.85. The summed E-state index contributed by atoms with van der Waals surface area (Å²) < 4.78 is 1.88. The Hall–Kier alpha value is -1.36. The lowest BCUT2D eigenvalue weighted by atomic mass is 10.1. The van der Waals surface area contributed by atoms with Gasteiger partial charge in [-0.25, -0.2) is 4.98 Å². The highest BCUT2D eigenvalue weighted by Gasteiger charge is 2.20. The van der Waals surface area contributed by atoms with E-state index in [9.17, 15) is 4.79 Å². The molecule has 0 atom stereocenters. The van der Waals surface area contributed by atoms with Crippen molar-refractivity contribution in [1.29, 1.82) is 0 Å². The van der Waals surface area contributed by atoms with Crippen molar-refractivity contribution < 1.29 is 4.79 Å². The molecule has 2 rings (SSSR count). The van der Waals surface area contributed by atoms with Gasteiger partial charge in [0.2, 0.25) is 0 Å². The van der Waals surface area contributed by atoms with Crippen LogP contribution in [0.15, 0.2) is 11.6 Å². The van der Waals surface area contributed by atoms with Crippen LogP contribution in [0, 0.1) is 11.8 Å². The molecule has 4 nitrogen and oxygen atoms in total. The molecule has 0 aliphatic heterocycles. The van der Waals surface area contributed by atoms with Gasteiger partial charge in [-0.3, -0.25) is 9.20 Å². The van der Waals surface area contributed by atoms with Gasteiger partial charge in [-0.15, -0.1) is 11.3 Å². The minimum absolute atomic E-state index is 0.540. The third-order valence-electron chi connectivity index (χ3n) is 2.86. The highest BCUT2D eigenvalue weighted by atomic mass is 32.1. The van der Waals surface area contributed by atoms with E-state index < -0.39 is 0 Å². The Labute approximate surface area is 118 Å². The molecule has 0 spiro atoms. The molecule has 0 amide bonds. The first-order valence-electron chi connectivity index (χ1n) is 6.68. The number of fused-ring (bicyclic) bond motifs is 1. The summed E-state index contributed by atoms with van der Waals surface area (Å²) in [6.07, 6.45) is 2.82. The Morgan fingerprint density at radius 3 is 2.47 bits per heavy atom. The van der Waals surface area contributed by atoms with Crippen LogP contribution in [0.1, 0.15) is 38.2 Å². The van der Waals surface area contributed by atoms with E-state index in [2.05, 4.69) is 37.6 Å². The number of anilines is 1. The van der Waals surface area contributed by atoms with Crippen molar-refractivity contribution in [3.63, 3.8) is 0 Å². The standard InChI is InChI=1S/C14H21N3OS/c1-10(2)7-16(8-11(3)4)13-12(9-18)17-5-6-19-14(17)15-13/h5-6,9-11H,7-8H2,1-4H3. The summed E-state index contributed by atoms with van der Waals surface area (Å²) in [5.41, 5.74) is 0.664. The lowest BCUT2D eigenvalue weighted by Gasteiger charge is -2.26. The van der Waals surface area contributed by atoms with Gasteiger partial charge in [0.15, 0.2) is 17.1 Å². The molecule has 2 heterocycles. The molecule has 19 heavy (non-hydrogen) atoms. The number of aromatic nitrogens is 2. The number of thiazole rings is 1. The van der Waals surface area contributed by atoms with Gasteiger partial charge < -0.3 is 4.90 Å². The van der Waals surface area contributed by atoms with E-state index in [0.717, 1.165) is 30.2 Å². The summed E-state index contributed by atoms with van der Waals surface area (Å²) in [5, 5.41) is 1.95. The monoisotopic (exact) mass is 279 g/mol. The lowest BCUT2D eigenvalue weighted by molar-refractivity contribution is 0.111. The van der Waals surface area contributed by atoms with Gasteiger partial charge in [0, 0.05) is 24.7 Å². The van der Waals surface area contributed by atoms with Gasteiger partial charge >= 0.3 is 0 Å². The zero-order valence-corrected chi connectivity index (χ0v) is 12.8. The van der Waals surface area contributed by atoms with Gasteiger partial charge in [-0.1, -0.05) is 27.7 Å². The van der Waals surface area contributed by atoms with Gasteiger partial charge in [-0.2, -0.15) is 0 Å². The molecule has 0 aliphatic rings. The van der Waals surface area contributed by atoms with Gasteiger partial charge in [0.1, 0.15) is 5.69 Å². The summed E-state index contributed by atoms with van der Waals surface area (Å²) in [6.45, 7) is 10.6. The van der Waals surface area contributed by atoms with Crippen molar-refractivity contribution in [2.45, 2.75) is 27.7 Å². The molecule has 0 unspecified atom stereocenters. The second-order valence-electron chi connectivity index (χ2n) is 5.69. The quantitative estimate of drug-likeness (QED) is 0.761. The second kappa shape index (κ2) is 5.74. The molecule has 0 radical (unpaired) electrons. The summed E-state index contributed by atoms with van der Waals surface area (Å²) in [7, 11) is 0. The van der Waals surface area contributed by atoms with Crippen molar-refractivity contribution in [1.82, 2.24) is 9.38 Å². The molecule has 0 bridgehead atoms. The SMILES string of the molecule is CC(C)CN(CC(C)C)c1nc2sccn2c1C=O. The molecular formula is C14H21N3OS. The smallest absolute Gasteiger partial charge is 0.196 e. The van der Waals surface area contributed by atoms with Crippen molar-refractivity contribution in [2.75, 3.05) is 18.0 Å². The third-order valence-corrected chi connectivity index (χ3v) is 3.62. The molecule has 0 saturated carbocycles. The Bertz CT molecular complexity index is 546. The van der Waals surface area contributed by atoms with Gasteiger partial charge in [0.05, 0.1) is 0 Å². The number of imidazole rings is 1. The van der Waals surface area contributed by atoms with Crippen LogP contribution in [-0.2, 0) is 0 Å². The van der Waals surface area contributed by atoms with E-state index in [1.807, 2.05) is 16.0 Å². The minimum atomic E-state index is 0.540. The summed E-state index contributed by atoms with van der Waals surface area (Å²) in [4.78, 5) is 19.1. The molecule has 0 N–H and O–H groups in total. The molecule has 0 aliphatic carbocycles. The highest BCUT2D eigenvalue weighted by Crippen LogP contribution is 2.24. The van der Waals surface area contributed by atoms with Gasteiger partial charge in [0.25, 0.3) is 0 Å². The predicted molar refractivity (Wildman–Crippen MR) is 80.3 cm³/mol. The van der Waals surface area contributed by atoms with Crippen LogP contribution in [0.25, 0.3) is 4.96 Å². The maximum absolute atomic E-state index is 11.4. The molecule has 0 saturated heterocycles. The summed E-state index contributed by atoms with van der Waals surface area (Å²) >= 11 is 1.56. The van der Waals surface area contributed by atoms with Crippen LogP contribution in [0.3, 0.4) is 0 Å². The maximum atomic E-state index is 11.4. The topological polar surface area (TPSA) is 37.6 Å².